The van der Waals surface area contributed by atoms with Gasteiger partial charge in [0.15, 0.2) is 0 Å². The summed E-state index contributed by atoms with van der Waals surface area (Å²) in [6.45, 7) is 5.33. The molecule has 1 aliphatic heterocycles. The van der Waals surface area contributed by atoms with Crippen molar-refractivity contribution in [1.82, 2.24) is 20.8 Å². The topological polar surface area (TPSA) is 79.0 Å². The third-order valence-electron chi connectivity index (χ3n) is 4.54. The van der Waals surface area contributed by atoms with E-state index < -0.39 is 0 Å². The number of rotatable bonds is 6. The largest absolute Gasteiger partial charge is 0.378 e. The van der Waals surface area contributed by atoms with E-state index in [0.29, 0.717) is 12.5 Å². The minimum Gasteiger partial charge on any atom is -0.378 e. The maximum Gasteiger partial charge on any atom is 0.223 e. The number of carbonyl (C=O) groups excluding carboxylic acids is 1. The zero-order chi connectivity index (χ0) is 14.7. The minimum absolute atomic E-state index is 0.116. The normalized spacial score (nSPS) is 28.3. The van der Waals surface area contributed by atoms with Gasteiger partial charge in [-0.3, -0.25) is 9.89 Å². The second-order valence-electron chi connectivity index (χ2n) is 5.96. The highest BCUT2D eigenvalue weighted by Crippen LogP contribution is 2.30. The third-order valence-corrected chi connectivity index (χ3v) is 4.54. The van der Waals surface area contributed by atoms with E-state index in [2.05, 4.69) is 20.8 Å². The van der Waals surface area contributed by atoms with Gasteiger partial charge in [-0.15, -0.1) is 0 Å². The summed E-state index contributed by atoms with van der Waals surface area (Å²) >= 11 is 0. The first-order valence-corrected chi connectivity index (χ1v) is 7.90. The number of nitrogens with zero attached hydrogens (tertiary/aromatic N) is 1. The van der Waals surface area contributed by atoms with Crippen LogP contribution in [-0.2, 0) is 16.1 Å². The van der Waals surface area contributed by atoms with Gasteiger partial charge in [-0.25, -0.2) is 0 Å². The summed E-state index contributed by atoms with van der Waals surface area (Å²) in [5.74, 6) is 0.748. The van der Waals surface area contributed by atoms with Gasteiger partial charge >= 0.3 is 0 Å². The number of aromatic amines is 1. The summed E-state index contributed by atoms with van der Waals surface area (Å²) in [7, 11) is 0. The van der Waals surface area contributed by atoms with Crippen LogP contribution >= 0.6 is 0 Å². The van der Waals surface area contributed by atoms with Gasteiger partial charge in [0.25, 0.3) is 0 Å². The first-order chi connectivity index (χ1) is 10.3. The SMILES string of the molecule is CCOC1CC(C(=O)NCc2cn[nH]c2C2CCNC2)C1. The monoisotopic (exact) mass is 292 g/mol. The smallest absolute Gasteiger partial charge is 0.223 e. The molecule has 1 unspecified atom stereocenters. The first kappa shape index (κ1) is 14.5. The molecule has 0 aromatic carbocycles. The highest BCUT2D eigenvalue weighted by Gasteiger charge is 2.34. The van der Waals surface area contributed by atoms with Crippen LogP contribution in [0.3, 0.4) is 0 Å². The van der Waals surface area contributed by atoms with Crippen molar-refractivity contribution in [2.24, 2.45) is 5.92 Å². The molecular weight excluding hydrogens is 268 g/mol. The zero-order valence-electron chi connectivity index (χ0n) is 12.5. The maximum atomic E-state index is 12.1. The van der Waals surface area contributed by atoms with E-state index in [1.807, 2.05) is 13.1 Å². The third kappa shape index (κ3) is 3.27. The van der Waals surface area contributed by atoms with Gasteiger partial charge in [0.2, 0.25) is 5.91 Å². The lowest BCUT2D eigenvalue weighted by Crippen LogP contribution is -2.42. The lowest BCUT2D eigenvalue weighted by atomic mass is 9.81. The van der Waals surface area contributed by atoms with E-state index in [-0.39, 0.29) is 17.9 Å². The Morgan fingerprint density at radius 2 is 2.38 bits per heavy atom. The van der Waals surface area contributed by atoms with Crippen LogP contribution in [0.2, 0.25) is 0 Å². The molecule has 1 saturated carbocycles. The van der Waals surface area contributed by atoms with Gasteiger partial charge in [-0.2, -0.15) is 5.10 Å². The van der Waals surface area contributed by atoms with Gasteiger partial charge in [-0.05, 0) is 32.7 Å². The van der Waals surface area contributed by atoms with Crippen molar-refractivity contribution in [3.63, 3.8) is 0 Å². The summed E-state index contributed by atoms with van der Waals surface area (Å²) in [6, 6.07) is 0. The summed E-state index contributed by atoms with van der Waals surface area (Å²) in [5.41, 5.74) is 2.28. The van der Waals surface area contributed by atoms with Gasteiger partial charge in [0.1, 0.15) is 0 Å². The molecule has 1 saturated heterocycles. The number of amides is 1. The van der Waals surface area contributed by atoms with Crippen molar-refractivity contribution in [3.8, 4) is 0 Å². The Morgan fingerprint density at radius 1 is 1.52 bits per heavy atom. The number of hydrogen-bond acceptors (Lipinski definition) is 4. The van der Waals surface area contributed by atoms with Crippen LogP contribution < -0.4 is 10.6 Å². The average Bonchev–Trinajstić information content (AvgIpc) is 3.09. The Morgan fingerprint density at radius 3 is 3.10 bits per heavy atom. The Kier molecular flexibility index (Phi) is 4.55. The van der Waals surface area contributed by atoms with Crippen molar-refractivity contribution in [2.45, 2.75) is 44.8 Å². The molecule has 1 aromatic rings. The molecule has 0 radical (unpaired) electrons. The van der Waals surface area contributed by atoms with E-state index in [1.54, 1.807) is 0 Å². The van der Waals surface area contributed by atoms with Crippen molar-refractivity contribution in [1.29, 1.82) is 0 Å². The lowest BCUT2D eigenvalue weighted by molar-refractivity contribution is -0.133. The summed E-state index contributed by atoms with van der Waals surface area (Å²) in [6.07, 6.45) is 4.94. The number of hydrogen-bond donors (Lipinski definition) is 3. The second-order valence-corrected chi connectivity index (χ2v) is 5.96. The lowest BCUT2D eigenvalue weighted by Gasteiger charge is -2.33. The molecule has 21 heavy (non-hydrogen) atoms. The van der Waals surface area contributed by atoms with Gasteiger partial charge in [0.05, 0.1) is 12.3 Å². The number of aromatic nitrogens is 2. The predicted octanol–water partition coefficient (Wildman–Crippen LogP) is 0.918. The van der Waals surface area contributed by atoms with Crippen LogP contribution in [0, 0.1) is 5.92 Å². The van der Waals surface area contributed by atoms with E-state index in [0.717, 1.165) is 44.5 Å². The summed E-state index contributed by atoms with van der Waals surface area (Å²) in [5, 5.41) is 13.6. The van der Waals surface area contributed by atoms with E-state index in [4.69, 9.17) is 4.74 Å². The Hall–Kier alpha value is -1.40. The van der Waals surface area contributed by atoms with Crippen molar-refractivity contribution >= 4 is 5.91 Å². The molecular formula is C15H24N4O2. The van der Waals surface area contributed by atoms with E-state index in [9.17, 15) is 4.79 Å². The number of ether oxygens (including phenoxy) is 1. The predicted molar refractivity (Wildman–Crippen MR) is 78.8 cm³/mol. The van der Waals surface area contributed by atoms with Crippen LogP contribution in [-0.4, -0.2) is 41.9 Å². The molecule has 1 aromatic heterocycles. The molecule has 3 rings (SSSR count). The molecule has 1 amide bonds. The molecule has 116 valence electrons. The van der Waals surface area contributed by atoms with Crippen molar-refractivity contribution in [3.05, 3.63) is 17.5 Å². The standard InChI is InChI=1S/C15H24N4O2/c1-2-21-13-5-11(6-13)15(20)17-8-12-9-18-19-14(12)10-3-4-16-7-10/h9-11,13,16H,2-8H2,1H3,(H,17,20)(H,18,19). The quantitative estimate of drug-likeness (QED) is 0.728. The molecule has 3 N–H and O–H groups in total. The number of H-pyrrole nitrogens is 1. The highest BCUT2D eigenvalue weighted by atomic mass is 16.5. The molecule has 0 bridgehead atoms. The Bertz CT molecular complexity index is 476. The highest BCUT2D eigenvalue weighted by molar-refractivity contribution is 5.79. The van der Waals surface area contributed by atoms with Crippen LogP contribution in [0.5, 0.6) is 0 Å². The fraction of sp³-hybridized carbons (Fsp3) is 0.733. The first-order valence-electron chi connectivity index (χ1n) is 7.90. The summed E-state index contributed by atoms with van der Waals surface area (Å²) < 4.78 is 5.49. The van der Waals surface area contributed by atoms with E-state index >= 15 is 0 Å². The van der Waals surface area contributed by atoms with Crippen LogP contribution in [0.15, 0.2) is 6.20 Å². The Balaban J connectivity index is 1.47. The van der Waals surface area contributed by atoms with Crippen LogP contribution in [0.1, 0.15) is 43.4 Å². The number of nitrogens with one attached hydrogen (secondary N) is 3. The molecule has 2 aliphatic rings. The zero-order valence-corrected chi connectivity index (χ0v) is 12.5. The van der Waals surface area contributed by atoms with Crippen LogP contribution in [0.25, 0.3) is 0 Å². The molecule has 1 aliphatic carbocycles. The van der Waals surface area contributed by atoms with Gasteiger partial charge in [0, 0.05) is 42.8 Å². The summed E-state index contributed by atoms with van der Waals surface area (Å²) in [4.78, 5) is 12.1. The van der Waals surface area contributed by atoms with Crippen molar-refractivity contribution in [2.75, 3.05) is 19.7 Å². The maximum absolute atomic E-state index is 12.1. The Labute approximate surface area is 125 Å². The van der Waals surface area contributed by atoms with Gasteiger partial charge in [-0.1, -0.05) is 0 Å². The van der Waals surface area contributed by atoms with Crippen molar-refractivity contribution < 1.29 is 9.53 Å². The van der Waals surface area contributed by atoms with Gasteiger partial charge < -0.3 is 15.4 Å². The second kappa shape index (κ2) is 6.58. The fourth-order valence-electron chi connectivity index (χ4n) is 3.19. The molecule has 0 spiro atoms. The average molecular weight is 292 g/mol. The molecule has 1 atom stereocenters. The number of carbonyl (C=O) groups is 1. The molecule has 2 fully saturated rings. The fourth-order valence-corrected chi connectivity index (χ4v) is 3.19. The minimum atomic E-state index is 0.116. The molecule has 2 heterocycles. The molecule has 6 nitrogen and oxygen atoms in total. The van der Waals surface area contributed by atoms with Crippen LogP contribution in [0.4, 0.5) is 0 Å². The van der Waals surface area contributed by atoms with E-state index in [1.165, 1.54) is 5.69 Å². The molecule has 6 heteroatoms.